The summed E-state index contributed by atoms with van der Waals surface area (Å²) in [6, 6.07) is 50.5. The average molecular weight is 590 g/mol. The number of fused-ring (bicyclic) bond motifs is 5. The third-order valence-corrected chi connectivity index (χ3v) is 8.82. The zero-order valence-corrected chi connectivity index (χ0v) is 25.1. The Labute approximate surface area is 265 Å². The Kier molecular flexibility index (Phi) is 6.00. The highest BCUT2D eigenvalue weighted by Crippen LogP contribution is 2.38. The van der Waals surface area contributed by atoms with Crippen molar-refractivity contribution < 1.29 is 4.42 Å². The molecule has 0 bridgehead atoms. The van der Waals surface area contributed by atoms with Crippen LogP contribution in [-0.2, 0) is 0 Å². The molecule has 0 radical (unpaired) electrons. The Morgan fingerprint density at radius 2 is 0.957 bits per heavy atom. The first-order chi connectivity index (χ1) is 22.7. The van der Waals surface area contributed by atoms with E-state index in [-0.39, 0.29) is 0 Å². The van der Waals surface area contributed by atoms with E-state index in [1.54, 1.807) is 0 Å². The van der Waals surface area contributed by atoms with Crippen molar-refractivity contribution in [2.24, 2.45) is 0 Å². The lowest BCUT2D eigenvalue weighted by Crippen LogP contribution is -2.00. The Morgan fingerprint density at radius 3 is 1.59 bits per heavy atom. The van der Waals surface area contributed by atoms with Gasteiger partial charge in [0.05, 0.1) is 0 Å². The van der Waals surface area contributed by atoms with E-state index >= 15 is 0 Å². The summed E-state index contributed by atoms with van der Waals surface area (Å²) >= 11 is 0. The van der Waals surface area contributed by atoms with Gasteiger partial charge in [0.25, 0.3) is 0 Å². The van der Waals surface area contributed by atoms with Crippen LogP contribution >= 0.6 is 0 Å². The molecule has 7 aromatic carbocycles. The van der Waals surface area contributed by atoms with Gasteiger partial charge < -0.3 is 4.42 Å². The Morgan fingerprint density at radius 1 is 0.435 bits per heavy atom. The van der Waals surface area contributed by atoms with Gasteiger partial charge in [-0.25, -0.2) is 15.0 Å². The zero-order chi connectivity index (χ0) is 30.6. The maximum atomic E-state index is 6.28. The third kappa shape index (κ3) is 4.42. The van der Waals surface area contributed by atoms with Crippen molar-refractivity contribution in [1.82, 2.24) is 15.0 Å². The first-order valence-corrected chi connectivity index (χ1v) is 15.4. The number of benzene rings is 7. The van der Waals surface area contributed by atoms with Crippen LogP contribution in [0.15, 0.2) is 150 Å². The molecule has 0 atom stereocenters. The molecule has 0 unspecified atom stereocenters. The summed E-state index contributed by atoms with van der Waals surface area (Å²) in [4.78, 5) is 15.1. The average Bonchev–Trinajstić information content (AvgIpc) is 3.51. The second-order valence-corrected chi connectivity index (χ2v) is 11.7. The van der Waals surface area contributed by atoms with E-state index in [1.165, 1.54) is 10.8 Å². The lowest BCUT2D eigenvalue weighted by molar-refractivity contribution is 0.666. The van der Waals surface area contributed by atoms with Gasteiger partial charge in [-0.2, -0.15) is 0 Å². The van der Waals surface area contributed by atoms with Crippen LogP contribution in [0.1, 0.15) is 5.56 Å². The van der Waals surface area contributed by atoms with E-state index in [1.807, 2.05) is 6.07 Å². The summed E-state index contributed by atoms with van der Waals surface area (Å²) in [7, 11) is 0. The lowest BCUT2D eigenvalue weighted by Gasteiger charge is -2.10. The van der Waals surface area contributed by atoms with Gasteiger partial charge in [-0.3, -0.25) is 0 Å². The predicted octanol–water partition coefficient (Wildman–Crippen LogP) is 11.1. The molecule has 216 valence electrons. The van der Waals surface area contributed by atoms with Crippen molar-refractivity contribution >= 4 is 43.5 Å². The van der Waals surface area contributed by atoms with Crippen molar-refractivity contribution in [3.63, 3.8) is 0 Å². The number of nitrogens with zero attached hydrogens (tertiary/aromatic N) is 3. The lowest BCUT2D eigenvalue weighted by atomic mass is 9.98. The van der Waals surface area contributed by atoms with Crippen LogP contribution in [0, 0.1) is 6.92 Å². The minimum Gasteiger partial charge on any atom is -0.456 e. The minimum absolute atomic E-state index is 0.635. The maximum Gasteiger partial charge on any atom is 0.164 e. The SMILES string of the molecule is Cc1cccc2c1oc1cccc(-c3ccc(-c4nc(-c5ccc6ccccc6c5)nc(-c5ccc6ccccc6c5)n4)cc3)c12. The summed E-state index contributed by atoms with van der Waals surface area (Å²) < 4.78 is 6.28. The van der Waals surface area contributed by atoms with Crippen molar-refractivity contribution in [3.8, 4) is 45.3 Å². The van der Waals surface area contributed by atoms with Crippen LogP contribution in [-0.4, -0.2) is 15.0 Å². The molecule has 0 saturated carbocycles. The topological polar surface area (TPSA) is 51.8 Å². The van der Waals surface area contributed by atoms with Crippen molar-refractivity contribution in [3.05, 3.63) is 151 Å². The Hall–Kier alpha value is -6.13. The first kappa shape index (κ1) is 26.3. The second-order valence-electron chi connectivity index (χ2n) is 11.7. The summed E-state index contributed by atoms with van der Waals surface area (Å²) in [6.07, 6.45) is 0. The van der Waals surface area contributed by atoms with Gasteiger partial charge in [-0.05, 0) is 63.4 Å². The molecule has 0 N–H and O–H groups in total. The van der Waals surface area contributed by atoms with Gasteiger partial charge in [-0.15, -0.1) is 0 Å². The molecule has 4 heteroatoms. The summed E-state index contributed by atoms with van der Waals surface area (Å²) in [5.74, 6) is 1.93. The van der Waals surface area contributed by atoms with Gasteiger partial charge >= 0.3 is 0 Å². The molecule has 0 aliphatic carbocycles. The summed E-state index contributed by atoms with van der Waals surface area (Å²) in [6.45, 7) is 2.09. The molecule has 0 fully saturated rings. The normalized spacial score (nSPS) is 11.6. The fourth-order valence-electron chi connectivity index (χ4n) is 6.45. The van der Waals surface area contributed by atoms with Gasteiger partial charge in [0.1, 0.15) is 11.2 Å². The molecule has 0 aliphatic rings. The number of hydrogen-bond acceptors (Lipinski definition) is 4. The molecule has 2 heterocycles. The molecule has 0 saturated heterocycles. The van der Waals surface area contributed by atoms with Crippen LogP contribution in [0.3, 0.4) is 0 Å². The number of aryl methyl sites for hydroxylation is 1. The minimum atomic E-state index is 0.635. The van der Waals surface area contributed by atoms with Crippen LogP contribution in [0.2, 0.25) is 0 Å². The van der Waals surface area contributed by atoms with E-state index in [4.69, 9.17) is 19.4 Å². The highest BCUT2D eigenvalue weighted by Gasteiger charge is 2.16. The van der Waals surface area contributed by atoms with Crippen molar-refractivity contribution in [2.45, 2.75) is 6.92 Å². The molecule has 0 aliphatic heterocycles. The Bertz CT molecular complexity index is 2500. The van der Waals surface area contributed by atoms with E-state index in [9.17, 15) is 0 Å². The van der Waals surface area contributed by atoms with Gasteiger partial charge in [0.2, 0.25) is 0 Å². The summed E-state index contributed by atoms with van der Waals surface area (Å²) in [5.41, 5.74) is 8.04. The van der Waals surface area contributed by atoms with Crippen molar-refractivity contribution in [2.75, 3.05) is 0 Å². The highest BCUT2D eigenvalue weighted by atomic mass is 16.3. The van der Waals surface area contributed by atoms with Gasteiger partial charge in [0, 0.05) is 27.5 Å². The molecule has 0 amide bonds. The number of rotatable bonds is 4. The molecule has 2 aromatic heterocycles. The fourth-order valence-corrected chi connectivity index (χ4v) is 6.45. The van der Waals surface area contributed by atoms with E-state index < -0.39 is 0 Å². The number of para-hydroxylation sites is 1. The van der Waals surface area contributed by atoms with Crippen LogP contribution < -0.4 is 0 Å². The monoisotopic (exact) mass is 589 g/mol. The number of aromatic nitrogens is 3. The van der Waals surface area contributed by atoms with Crippen LogP contribution in [0.5, 0.6) is 0 Å². The summed E-state index contributed by atoms with van der Waals surface area (Å²) in [5, 5.41) is 6.92. The smallest absolute Gasteiger partial charge is 0.164 e. The molecular formula is C42H27N3O. The Balaban J connectivity index is 1.18. The predicted molar refractivity (Wildman–Crippen MR) is 189 cm³/mol. The van der Waals surface area contributed by atoms with E-state index in [0.29, 0.717) is 17.5 Å². The molecule has 4 nitrogen and oxygen atoms in total. The van der Waals surface area contributed by atoms with E-state index in [0.717, 1.165) is 66.1 Å². The van der Waals surface area contributed by atoms with E-state index in [2.05, 4.69) is 146 Å². The van der Waals surface area contributed by atoms with Gasteiger partial charge in [-0.1, -0.05) is 127 Å². The molecule has 0 spiro atoms. The van der Waals surface area contributed by atoms with Crippen molar-refractivity contribution in [1.29, 1.82) is 0 Å². The van der Waals surface area contributed by atoms with Crippen LogP contribution in [0.25, 0.3) is 88.8 Å². The maximum absolute atomic E-state index is 6.28. The highest BCUT2D eigenvalue weighted by molar-refractivity contribution is 6.13. The second kappa shape index (κ2) is 10.5. The number of furan rings is 1. The largest absolute Gasteiger partial charge is 0.456 e. The number of hydrogen-bond donors (Lipinski definition) is 0. The quantitative estimate of drug-likeness (QED) is 0.205. The third-order valence-electron chi connectivity index (χ3n) is 8.82. The first-order valence-electron chi connectivity index (χ1n) is 15.4. The standard InChI is InChI=1S/C42H27N3O/c1-26-8-6-14-36-38-35(13-7-15-37(38)46-39(26)36)29-18-20-30(21-19-29)40-43-41(33-22-16-27-9-2-4-11-31(27)24-33)45-42(44-40)34-23-17-28-10-3-5-12-32(28)25-34/h2-25H,1H3. The van der Waals surface area contributed by atoms with Gasteiger partial charge in [0.15, 0.2) is 17.5 Å². The molecule has 46 heavy (non-hydrogen) atoms. The molecular weight excluding hydrogens is 562 g/mol. The molecule has 9 aromatic rings. The zero-order valence-electron chi connectivity index (χ0n) is 25.1. The molecule has 9 rings (SSSR count). The van der Waals surface area contributed by atoms with Crippen LogP contribution in [0.4, 0.5) is 0 Å². The fraction of sp³-hybridized carbons (Fsp3) is 0.0238.